The smallest absolute Gasteiger partial charge is 0.335 e. The van der Waals surface area contributed by atoms with E-state index in [1.807, 2.05) is 0 Å². The van der Waals surface area contributed by atoms with Gasteiger partial charge in [-0.1, -0.05) is 18.7 Å². The molecule has 15 heavy (non-hydrogen) atoms. The predicted molar refractivity (Wildman–Crippen MR) is 56.2 cm³/mol. The molecule has 0 amide bonds. The van der Waals surface area contributed by atoms with Crippen molar-refractivity contribution >= 4 is 21.4 Å². The predicted octanol–water partition coefficient (Wildman–Crippen LogP) is 1.19. The van der Waals surface area contributed by atoms with Gasteiger partial charge in [-0.05, 0) is 17.7 Å². The van der Waals surface area contributed by atoms with Crippen LogP contribution in [0.25, 0.3) is 5.57 Å². The number of carboxylic acids is 1. The Morgan fingerprint density at radius 1 is 1.27 bits per heavy atom. The fourth-order valence-corrected chi connectivity index (χ4v) is 1.66. The van der Waals surface area contributed by atoms with Crippen LogP contribution in [-0.4, -0.2) is 25.7 Å². The molecule has 1 aromatic rings. The summed E-state index contributed by atoms with van der Waals surface area (Å²) < 4.78 is 22.2. The fraction of sp³-hybridized carbons (Fsp3) is 0.100. The number of rotatable bonds is 3. The third-order valence-corrected chi connectivity index (χ3v) is 3.02. The van der Waals surface area contributed by atoms with Crippen molar-refractivity contribution < 1.29 is 18.3 Å². The Hall–Kier alpha value is -1.62. The van der Waals surface area contributed by atoms with Crippen molar-refractivity contribution in [1.82, 2.24) is 0 Å². The van der Waals surface area contributed by atoms with Gasteiger partial charge in [0.15, 0.2) is 9.84 Å². The van der Waals surface area contributed by atoms with E-state index in [4.69, 9.17) is 5.11 Å². The molecule has 0 spiro atoms. The Morgan fingerprint density at radius 3 is 2.07 bits per heavy atom. The largest absolute Gasteiger partial charge is 0.478 e. The van der Waals surface area contributed by atoms with Crippen molar-refractivity contribution in [2.24, 2.45) is 0 Å². The van der Waals surface area contributed by atoms with Gasteiger partial charge in [-0.3, -0.25) is 0 Å². The summed E-state index contributed by atoms with van der Waals surface area (Å²) in [5, 5.41) is 8.65. The molecule has 0 atom stereocenters. The van der Waals surface area contributed by atoms with E-state index < -0.39 is 15.8 Å². The fourth-order valence-electron chi connectivity index (χ4n) is 1.03. The first-order chi connectivity index (χ1) is 6.82. The minimum absolute atomic E-state index is 0.0601. The van der Waals surface area contributed by atoms with Crippen molar-refractivity contribution in [3.8, 4) is 0 Å². The molecule has 0 fully saturated rings. The molecule has 80 valence electrons. The molecule has 0 heterocycles. The molecule has 0 aliphatic heterocycles. The Labute approximate surface area is 87.8 Å². The van der Waals surface area contributed by atoms with Crippen LogP contribution < -0.4 is 0 Å². The molecule has 1 N–H and O–H groups in total. The lowest BCUT2D eigenvalue weighted by Crippen LogP contribution is -2.00. The van der Waals surface area contributed by atoms with E-state index in [-0.39, 0.29) is 10.5 Å². The molecule has 0 saturated heterocycles. The van der Waals surface area contributed by atoms with Gasteiger partial charge < -0.3 is 5.11 Å². The van der Waals surface area contributed by atoms with Crippen LogP contribution in [0.15, 0.2) is 35.7 Å². The van der Waals surface area contributed by atoms with E-state index in [0.717, 1.165) is 6.26 Å². The zero-order chi connectivity index (χ0) is 11.6. The highest BCUT2D eigenvalue weighted by atomic mass is 32.2. The zero-order valence-electron chi connectivity index (χ0n) is 8.10. The van der Waals surface area contributed by atoms with E-state index in [1.54, 1.807) is 0 Å². The normalized spacial score (nSPS) is 11.0. The second kappa shape index (κ2) is 3.86. The quantitative estimate of drug-likeness (QED) is 0.786. The molecule has 5 heteroatoms. The molecule has 0 radical (unpaired) electrons. The molecule has 0 saturated carbocycles. The highest BCUT2D eigenvalue weighted by molar-refractivity contribution is 7.90. The van der Waals surface area contributed by atoms with E-state index in [2.05, 4.69) is 6.58 Å². The van der Waals surface area contributed by atoms with Crippen molar-refractivity contribution in [2.45, 2.75) is 4.90 Å². The van der Waals surface area contributed by atoms with Gasteiger partial charge in [0.2, 0.25) is 0 Å². The number of benzene rings is 1. The zero-order valence-corrected chi connectivity index (χ0v) is 8.91. The van der Waals surface area contributed by atoms with Crippen molar-refractivity contribution in [2.75, 3.05) is 6.26 Å². The average molecular weight is 226 g/mol. The summed E-state index contributed by atoms with van der Waals surface area (Å²) >= 11 is 0. The topological polar surface area (TPSA) is 71.4 Å². The first kappa shape index (κ1) is 11.5. The molecule has 0 aliphatic carbocycles. The second-order valence-corrected chi connectivity index (χ2v) is 5.10. The summed E-state index contributed by atoms with van der Waals surface area (Å²) in [7, 11) is -3.24. The standard InChI is InChI=1S/C10H10O4S/c1-7(10(11)12)8-3-5-9(6-4-8)15(2,13)14/h3-6H,1H2,2H3,(H,11,12). The third kappa shape index (κ3) is 2.66. The number of hydrogen-bond donors (Lipinski definition) is 1. The Balaban J connectivity index is 3.12. The SMILES string of the molecule is C=C(C(=O)O)c1ccc(S(C)(=O)=O)cc1. The highest BCUT2D eigenvalue weighted by Crippen LogP contribution is 2.16. The van der Waals surface area contributed by atoms with Crippen molar-refractivity contribution in [3.63, 3.8) is 0 Å². The second-order valence-electron chi connectivity index (χ2n) is 3.08. The maximum Gasteiger partial charge on any atom is 0.335 e. The molecule has 0 aromatic heterocycles. The van der Waals surface area contributed by atoms with Crippen molar-refractivity contribution in [3.05, 3.63) is 36.4 Å². The van der Waals surface area contributed by atoms with Gasteiger partial charge in [0.25, 0.3) is 0 Å². The first-order valence-electron chi connectivity index (χ1n) is 4.05. The van der Waals surface area contributed by atoms with Gasteiger partial charge in [0, 0.05) is 6.26 Å². The average Bonchev–Trinajstić information content (AvgIpc) is 2.15. The number of carboxylic acid groups (broad SMARTS) is 1. The Morgan fingerprint density at radius 2 is 1.73 bits per heavy atom. The summed E-state index contributed by atoms with van der Waals surface area (Å²) in [5.74, 6) is -1.12. The summed E-state index contributed by atoms with van der Waals surface area (Å²) in [5.41, 5.74) is 0.338. The lowest BCUT2D eigenvalue weighted by atomic mass is 10.1. The molecule has 0 unspecified atom stereocenters. The van der Waals surface area contributed by atoms with Gasteiger partial charge in [-0.25, -0.2) is 13.2 Å². The summed E-state index contributed by atoms with van der Waals surface area (Å²) in [6, 6.07) is 5.57. The van der Waals surface area contributed by atoms with Crippen LogP contribution in [0.4, 0.5) is 0 Å². The number of hydrogen-bond acceptors (Lipinski definition) is 3. The van der Waals surface area contributed by atoms with Crippen LogP contribution in [0.5, 0.6) is 0 Å². The summed E-state index contributed by atoms with van der Waals surface area (Å²) in [6.07, 6.45) is 1.09. The lowest BCUT2D eigenvalue weighted by molar-refractivity contribution is -0.130. The first-order valence-corrected chi connectivity index (χ1v) is 5.94. The molecule has 0 bridgehead atoms. The molecular formula is C10H10O4S. The monoisotopic (exact) mass is 226 g/mol. The highest BCUT2D eigenvalue weighted by Gasteiger charge is 2.10. The van der Waals surface area contributed by atoms with E-state index in [9.17, 15) is 13.2 Å². The third-order valence-electron chi connectivity index (χ3n) is 1.89. The molecule has 0 aliphatic rings. The van der Waals surface area contributed by atoms with Gasteiger partial charge in [0.1, 0.15) is 0 Å². The van der Waals surface area contributed by atoms with E-state index >= 15 is 0 Å². The van der Waals surface area contributed by atoms with Crippen LogP contribution in [-0.2, 0) is 14.6 Å². The molecular weight excluding hydrogens is 216 g/mol. The van der Waals surface area contributed by atoms with Gasteiger partial charge in [-0.15, -0.1) is 0 Å². The number of sulfone groups is 1. The Bertz CT molecular complexity index is 497. The number of aliphatic carboxylic acids is 1. The van der Waals surface area contributed by atoms with Crippen LogP contribution in [0.2, 0.25) is 0 Å². The minimum Gasteiger partial charge on any atom is -0.478 e. The lowest BCUT2D eigenvalue weighted by Gasteiger charge is -2.02. The number of carbonyl (C=O) groups is 1. The van der Waals surface area contributed by atoms with Crippen LogP contribution in [0, 0.1) is 0 Å². The maximum absolute atomic E-state index is 11.1. The molecule has 1 rings (SSSR count). The van der Waals surface area contributed by atoms with E-state index in [0.29, 0.717) is 5.56 Å². The van der Waals surface area contributed by atoms with Gasteiger partial charge in [0.05, 0.1) is 10.5 Å². The van der Waals surface area contributed by atoms with Gasteiger partial charge in [-0.2, -0.15) is 0 Å². The van der Waals surface area contributed by atoms with Crippen LogP contribution in [0.1, 0.15) is 5.56 Å². The summed E-state index contributed by atoms with van der Waals surface area (Å²) in [6.45, 7) is 3.37. The van der Waals surface area contributed by atoms with Gasteiger partial charge >= 0.3 is 5.97 Å². The van der Waals surface area contributed by atoms with Crippen LogP contribution in [0.3, 0.4) is 0 Å². The van der Waals surface area contributed by atoms with E-state index in [1.165, 1.54) is 24.3 Å². The maximum atomic E-state index is 11.1. The minimum atomic E-state index is -3.24. The Kier molecular flexibility index (Phi) is 2.95. The summed E-state index contributed by atoms with van der Waals surface area (Å²) in [4.78, 5) is 10.7. The molecule has 4 nitrogen and oxygen atoms in total. The van der Waals surface area contributed by atoms with Crippen molar-refractivity contribution in [1.29, 1.82) is 0 Å². The van der Waals surface area contributed by atoms with Crippen LogP contribution >= 0.6 is 0 Å². The molecule has 1 aromatic carbocycles.